The van der Waals surface area contributed by atoms with Gasteiger partial charge in [-0.2, -0.15) is 4.37 Å². The molecule has 0 fully saturated rings. The maximum atomic E-state index is 12.9. The van der Waals surface area contributed by atoms with Crippen molar-refractivity contribution in [3.63, 3.8) is 0 Å². The first-order chi connectivity index (χ1) is 11.2. The molecule has 2 aromatic heterocycles. The van der Waals surface area contributed by atoms with Crippen molar-refractivity contribution in [3.05, 3.63) is 40.7 Å². The molecule has 0 radical (unpaired) electrons. The molecule has 1 aliphatic rings. The summed E-state index contributed by atoms with van der Waals surface area (Å²) in [5.41, 5.74) is 1.98. The van der Waals surface area contributed by atoms with Crippen LogP contribution in [0.25, 0.3) is 10.1 Å². The van der Waals surface area contributed by atoms with Crippen molar-refractivity contribution < 1.29 is 4.79 Å². The molecule has 3 heterocycles. The van der Waals surface area contributed by atoms with Crippen molar-refractivity contribution in [2.75, 3.05) is 11.4 Å². The summed E-state index contributed by atoms with van der Waals surface area (Å²) in [6, 6.07) is 8.11. The third-order valence-corrected chi connectivity index (χ3v) is 6.05. The number of amides is 1. The normalized spacial score (nSPS) is 14.7. The second-order valence-electron chi connectivity index (χ2n) is 5.79. The lowest BCUT2D eigenvalue weighted by atomic mass is 10.1. The topological polar surface area (TPSA) is 46.1 Å². The zero-order valence-electron chi connectivity index (χ0n) is 12.9. The number of rotatable bonds is 2. The number of thiazole rings is 1. The number of benzene rings is 1. The van der Waals surface area contributed by atoms with Crippen LogP contribution in [-0.2, 0) is 17.6 Å². The van der Waals surface area contributed by atoms with Crippen LogP contribution in [0.15, 0.2) is 24.3 Å². The van der Waals surface area contributed by atoms with Crippen LogP contribution < -0.4 is 4.90 Å². The summed E-state index contributed by atoms with van der Waals surface area (Å²) in [4.78, 5) is 19.4. The lowest BCUT2D eigenvalue weighted by molar-refractivity contribution is -0.118. The smallest absolute Gasteiger partial charge is 0.233 e. The molecule has 0 atom stereocenters. The zero-order valence-corrected chi connectivity index (χ0v) is 14.5. The quantitative estimate of drug-likeness (QED) is 0.707. The number of nitrogens with zero attached hydrogens (tertiary/aromatic N) is 3. The van der Waals surface area contributed by atoms with Crippen molar-refractivity contribution >= 4 is 43.9 Å². The molecule has 0 spiro atoms. The van der Waals surface area contributed by atoms with E-state index in [1.807, 2.05) is 30.0 Å². The molecule has 3 aromatic rings. The molecule has 4 rings (SSSR count). The maximum Gasteiger partial charge on any atom is 0.233 e. The molecule has 1 aliphatic heterocycles. The minimum atomic E-state index is 0.132. The first-order valence-corrected chi connectivity index (χ1v) is 9.41. The van der Waals surface area contributed by atoms with E-state index in [1.165, 1.54) is 11.5 Å². The van der Waals surface area contributed by atoms with Crippen molar-refractivity contribution in [3.8, 4) is 0 Å². The van der Waals surface area contributed by atoms with E-state index in [4.69, 9.17) is 0 Å². The van der Waals surface area contributed by atoms with Crippen molar-refractivity contribution in [1.82, 2.24) is 9.36 Å². The second kappa shape index (κ2) is 6.02. The first-order valence-electron chi connectivity index (χ1n) is 7.82. The van der Waals surface area contributed by atoms with Gasteiger partial charge in [0, 0.05) is 11.9 Å². The number of aryl methyl sites for hydroxylation is 2. The molecule has 0 unspecified atom stereocenters. The van der Waals surface area contributed by atoms with Crippen LogP contribution in [-0.4, -0.2) is 21.8 Å². The monoisotopic (exact) mass is 343 g/mol. The minimum absolute atomic E-state index is 0.132. The third-order valence-electron chi connectivity index (χ3n) is 4.15. The SMILES string of the molecule is Cc1nc2c(s1)N(C(=O)Cc1nsc3ccccc13)CCCC2. The Balaban J connectivity index is 1.64. The molecule has 0 saturated heterocycles. The fourth-order valence-corrected chi connectivity index (χ4v) is 4.84. The molecule has 118 valence electrons. The van der Waals surface area contributed by atoms with Gasteiger partial charge in [-0.3, -0.25) is 4.79 Å². The van der Waals surface area contributed by atoms with Gasteiger partial charge in [0.25, 0.3) is 0 Å². The highest BCUT2D eigenvalue weighted by molar-refractivity contribution is 7.16. The van der Waals surface area contributed by atoms with Gasteiger partial charge in [-0.15, -0.1) is 11.3 Å². The number of hydrogen-bond donors (Lipinski definition) is 0. The minimum Gasteiger partial charge on any atom is -0.302 e. The molecule has 1 aromatic carbocycles. The predicted octanol–water partition coefficient (Wildman–Crippen LogP) is 3.97. The lowest BCUT2D eigenvalue weighted by Crippen LogP contribution is -2.32. The average Bonchev–Trinajstić information content (AvgIpc) is 3.06. The molecule has 4 nitrogen and oxygen atoms in total. The number of aromatic nitrogens is 2. The van der Waals surface area contributed by atoms with Gasteiger partial charge < -0.3 is 4.90 Å². The van der Waals surface area contributed by atoms with Crippen LogP contribution in [0.1, 0.15) is 29.2 Å². The number of carbonyl (C=O) groups excluding carboxylic acids is 1. The summed E-state index contributed by atoms with van der Waals surface area (Å²) in [7, 11) is 0. The molecule has 1 amide bonds. The number of carbonyl (C=O) groups is 1. The Hall–Kier alpha value is -1.79. The van der Waals surface area contributed by atoms with Crippen LogP contribution in [0.2, 0.25) is 0 Å². The summed E-state index contributed by atoms with van der Waals surface area (Å²) in [5, 5.41) is 3.18. The predicted molar refractivity (Wildman–Crippen MR) is 95.5 cm³/mol. The Labute approximate surface area is 143 Å². The van der Waals surface area contributed by atoms with E-state index in [1.54, 1.807) is 11.3 Å². The van der Waals surface area contributed by atoms with Gasteiger partial charge in [-0.25, -0.2) is 4.98 Å². The summed E-state index contributed by atoms with van der Waals surface area (Å²) in [5.74, 6) is 0.132. The number of fused-ring (bicyclic) bond motifs is 2. The fourth-order valence-electron chi connectivity index (χ4n) is 3.04. The van der Waals surface area contributed by atoms with Crippen LogP contribution in [0.3, 0.4) is 0 Å². The Morgan fingerprint density at radius 2 is 2.17 bits per heavy atom. The molecule has 0 saturated carbocycles. The van der Waals surface area contributed by atoms with E-state index in [0.29, 0.717) is 6.42 Å². The van der Waals surface area contributed by atoms with E-state index in [9.17, 15) is 4.79 Å². The Morgan fingerprint density at radius 3 is 3.09 bits per heavy atom. The second-order valence-corrected chi connectivity index (χ2v) is 7.78. The van der Waals surface area contributed by atoms with E-state index >= 15 is 0 Å². The zero-order chi connectivity index (χ0) is 15.8. The van der Waals surface area contributed by atoms with Gasteiger partial charge in [-0.05, 0) is 43.8 Å². The third kappa shape index (κ3) is 2.77. The highest BCUT2D eigenvalue weighted by atomic mass is 32.1. The molecular weight excluding hydrogens is 326 g/mol. The standard InChI is InChI=1S/C17H17N3OS2/c1-11-18-13-7-4-5-9-20(17(13)22-11)16(21)10-14-12-6-2-3-8-15(12)23-19-14/h2-3,6,8H,4-5,7,9-10H2,1H3. The van der Waals surface area contributed by atoms with Gasteiger partial charge in [0.1, 0.15) is 5.00 Å². The number of hydrogen-bond acceptors (Lipinski definition) is 5. The Morgan fingerprint density at radius 1 is 1.30 bits per heavy atom. The molecule has 23 heavy (non-hydrogen) atoms. The van der Waals surface area contributed by atoms with Gasteiger partial charge in [0.15, 0.2) is 0 Å². The Kier molecular flexibility index (Phi) is 3.87. The molecule has 0 bridgehead atoms. The molecular formula is C17H17N3OS2. The van der Waals surface area contributed by atoms with Gasteiger partial charge >= 0.3 is 0 Å². The highest BCUT2D eigenvalue weighted by Gasteiger charge is 2.25. The van der Waals surface area contributed by atoms with E-state index in [-0.39, 0.29) is 5.91 Å². The maximum absolute atomic E-state index is 12.9. The van der Waals surface area contributed by atoms with Gasteiger partial charge in [0.2, 0.25) is 5.91 Å². The largest absolute Gasteiger partial charge is 0.302 e. The summed E-state index contributed by atoms with van der Waals surface area (Å²) in [6.45, 7) is 2.80. The Bertz CT molecular complexity index is 868. The van der Waals surface area contributed by atoms with Crippen LogP contribution >= 0.6 is 22.9 Å². The van der Waals surface area contributed by atoms with Gasteiger partial charge in [-0.1, -0.05) is 18.2 Å². The van der Waals surface area contributed by atoms with Crippen molar-refractivity contribution in [2.45, 2.75) is 32.6 Å². The first kappa shape index (κ1) is 14.8. The van der Waals surface area contributed by atoms with E-state index in [0.717, 1.165) is 57.3 Å². The average molecular weight is 343 g/mol. The van der Waals surface area contributed by atoms with Crippen molar-refractivity contribution in [1.29, 1.82) is 0 Å². The van der Waals surface area contributed by atoms with E-state index < -0.39 is 0 Å². The lowest BCUT2D eigenvalue weighted by Gasteiger charge is -2.19. The van der Waals surface area contributed by atoms with Crippen LogP contribution in [0.4, 0.5) is 5.00 Å². The molecule has 0 aliphatic carbocycles. The highest BCUT2D eigenvalue weighted by Crippen LogP contribution is 2.33. The van der Waals surface area contributed by atoms with Crippen molar-refractivity contribution in [2.24, 2.45) is 0 Å². The molecule has 6 heteroatoms. The van der Waals surface area contributed by atoms with Crippen LogP contribution in [0, 0.1) is 6.92 Å². The summed E-state index contributed by atoms with van der Waals surface area (Å²) >= 11 is 3.10. The number of anilines is 1. The summed E-state index contributed by atoms with van der Waals surface area (Å²) < 4.78 is 5.64. The van der Waals surface area contributed by atoms with Crippen LogP contribution in [0.5, 0.6) is 0 Å². The van der Waals surface area contributed by atoms with Gasteiger partial charge in [0.05, 0.1) is 27.5 Å². The molecule has 0 N–H and O–H groups in total. The fraction of sp³-hybridized carbons (Fsp3) is 0.353. The van der Waals surface area contributed by atoms with E-state index in [2.05, 4.69) is 15.4 Å². The summed E-state index contributed by atoms with van der Waals surface area (Å²) in [6.07, 6.45) is 3.47.